The van der Waals surface area contributed by atoms with Gasteiger partial charge in [0.15, 0.2) is 19.7 Å². The van der Waals surface area contributed by atoms with E-state index in [1.54, 1.807) is 20.8 Å². The highest BCUT2D eigenvalue weighted by Crippen LogP contribution is 2.19. The van der Waals surface area contributed by atoms with Crippen molar-refractivity contribution in [1.29, 1.82) is 1.34 Å². The number of methoxy groups -OCH3 is 2. The minimum absolute atomic E-state index is 0.0394. The van der Waals surface area contributed by atoms with E-state index in [9.17, 15) is 61.8 Å². The van der Waals surface area contributed by atoms with Crippen LogP contribution in [0.1, 0.15) is 34.1 Å². The summed E-state index contributed by atoms with van der Waals surface area (Å²) in [4.78, 5) is 21.4. The predicted molar refractivity (Wildman–Crippen MR) is 204 cm³/mol. The summed E-state index contributed by atoms with van der Waals surface area (Å²) >= 11 is 12.5. The smallest absolute Gasteiger partial charge is 0.319 e. The Kier molecular flexibility index (Phi) is 78.6. The van der Waals surface area contributed by atoms with Crippen LogP contribution in [0.2, 0.25) is 0 Å². The lowest BCUT2D eigenvalue weighted by molar-refractivity contribution is -0.145. The number of thiocarbonyl (C=S) groups is 2. The summed E-state index contributed by atoms with van der Waals surface area (Å²) < 4.78 is 151. The summed E-state index contributed by atoms with van der Waals surface area (Å²) in [6, 6.07) is 0. The summed E-state index contributed by atoms with van der Waals surface area (Å²) in [7, 11) is 5.06. The number of hydrogen-bond donors (Lipinski definition) is 0. The Bertz CT molecular complexity index is 831. The molecule has 0 heterocycles. The van der Waals surface area contributed by atoms with E-state index in [4.69, 9.17) is 18.3 Å². The zero-order valence-electron chi connectivity index (χ0n) is 28.6. The predicted octanol–water partition coefficient (Wildman–Crippen LogP) is 11.1. The maximum absolute atomic E-state index is 11.5. The number of carbonyl (C=O) groups is 2. The average Bonchev–Trinajstić information content (AvgIpc) is 3.08. The fraction of sp³-hybridized carbons (Fsp3) is 0.667. The van der Waals surface area contributed by atoms with Crippen LogP contribution < -0.4 is 0 Å². The second kappa shape index (κ2) is 60.8. The van der Waals surface area contributed by atoms with Gasteiger partial charge in [0.1, 0.15) is 30.7 Å². The third kappa shape index (κ3) is 97.3. The number of carbonyl (C=O) groups excluding carboxylic acids is 2. The highest BCUT2D eigenvalue weighted by molar-refractivity contribution is 14.2. The van der Waals surface area contributed by atoms with E-state index in [0.717, 1.165) is 0 Å². The molecule has 50 heavy (non-hydrogen) atoms. The molecule has 6 nitrogen and oxygen atoms in total. The van der Waals surface area contributed by atoms with Crippen molar-refractivity contribution in [1.82, 2.24) is 0 Å². The van der Waals surface area contributed by atoms with Gasteiger partial charge in [0.05, 0.1) is 40.0 Å². The second-order valence-corrected chi connectivity index (χ2v) is 13.1. The number of thioether (sulfide) groups is 1. The van der Waals surface area contributed by atoms with Crippen molar-refractivity contribution in [3.8, 4) is 0 Å². The molecule has 0 aliphatic carbocycles. The Hall–Kier alpha value is -0.285. The quantitative estimate of drug-likeness (QED) is 0.0528. The monoisotopic (exact) mass is 984 g/mol. The van der Waals surface area contributed by atoms with Crippen LogP contribution in [0.15, 0.2) is 25.1 Å². The van der Waals surface area contributed by atoms with Crippen LogP contribution in [0, 0.1) is 5.92 Å². The van der Waals surface area contributed by atoms with E-state index < -0.39 is 51.6 Å². The number of rotatable bonds is 10. The van der Waals surface area contributed by atoms with Crippen molar-refractivity contribution in [3.63, 3.8) is 0 Å². The van der Waals surface area contributed by atoms with Gasteiger partial charge in [-0.15, -0.1) is 0 Å². The van der Waals surface area contributed by atoms with Gasteiger partial charge in [-0.1, -0.05) is 46.8 Å². The third-order valence-corrected chi connectivity index (χ3v) is 8.43. The maximum atomic E-state index is 11.5. The SMILES string of the molecule is C=C(F)F.CCOC(=S)SC(C)C(=O)OC.CCOC(=S)SF.COC(=O)C(C)CCF.FC=C(F)F.FCC(F)F.FCCF.[3H]B(P)PI. The van der Waals surface area contributed by atoms with Crippen LogP contribution in [-0.2, 0) is 28.5 Å². The van der Waals surface area contributed by atoms with E-state index in [2.05, 4.69) is 64.2 Å². The van der Waals surface area contributed by atoms with Gasteiger partial charge in [0, 0.05) is 0 Å². The van der Waals surface area contributed by atoms with Gasteiger partial charge in [-0.05, 0) is 59.5 Å². The molecule has 4 unspecified atom stereocenters. The van der Waals surface area contributed by atoms with E-state index >= 15 is 0 Å². The first-order chi connectivity index (χ1) is 23.6. The van der Waals surface area contributed by atoms with Crippen LogP contribution in [0.5, 0.6) is 0 Å². The molecule has 0 amide bonds. The zero-order valence-corrected chi connectivity index (χ0v) is 35.2. The molecule has 0 saturated carbocycles. The first kappa shape index (κ1) is 64.7. The summed E-state index contributed by atoms with van der Waals surface area (Å²) in [6.45, 7) is 6.53. The molecule has 0 aliphatic heterocycles. The van der Waals surface area contributed by atoms with Gasteiger partial charge >= 0.3 is 11.9 Å². The largest absolute Gasteiger partial charge is 0.479 e. The fourth-order valence-corrected chi connectivity index (χ4v) is 2.63. The van der Waals surface area contributed by atoms with Crippen molar-refractivity contribution >= 4 is 113 Å². The van der Waals surface area contributed by atoms with Crippen LogP contribution in [0.4, 0.5) is 52.2 Å². The second-order valence-electron chi connectivity index (χ2n) is 6.56. The van der Waals surface area contributed by atoms with E-state index in [0.29, 0.717) is 23.7 Å². The lowest BCUT2D eigenvalue weighted by Gasteiger charge is -2.08. The molecule has 0 N–H and O–H groups in total. The summed E-state index contributed by atoms with van der Waals surface area (Å²) in [6.07, 6.45) is -6.68. The first-order valence-corrected chi connectivity index (χ1v) is 20.0. The van der Waals surface area contributed by atoms with Gasteiger partial charge in [-0.2, -0.15) is 30.6 Å². The molecule has 0 saturated heterocycles. The molecular weight excluding hydrogens is 940 g/mol. The van der Waals surface area contributed by atoms with Crippen LogP contribution >= 0.6 is 85.6 Å². The fourth-order valence-electron chi connectivity index (χ4n) is 1.13. The maximum Gasteiger partial charge on any atom is 0.319 e. The molecule has 0 bridgehead atoms. The molecule has 0 fully saturated rings. The number of alkyl halides is 6. The van der Waals surface area contributed by atoms with E-state index in [-0.39, 0.29) is 52.7 Å². The van der Waals surface area contributed by atoms with Gasteiger partial charge in [0.25, 0.3) is 23.0 Å². The highest BCUT2D eigenvalue weighted by atomic mass is 127. The number of esters is 2. The molecule has 26 heteroatoms. The molecule has 0 radical (unpaired) electrons. The molecule has 0 spiro atoms. The van der Waals surface area contributed by atoms with Crippen molar-refractivity contribution in [2.75, 3.05) is 54.1 Å². The van der Waals surface area contributed by atoms with Crippen molar-refractivity contribution in [2.45, 2.75) is 45.8 Å². The van der Waals surface area contributed by atoms with Gasteiger partial charge in [-0.25, -0.2) is 26.3 Å². The zero-order chi connectivity index (χ0) is 42.4. The molecule has 0 aromatic carbocycles. The molecular formula is C24H42BF12IO6P2S4. The average molecular weight is 985 g/mol. The minimum Gasteiger partial charge on any atom is -0.479 e. The Morgan fingerprint density at radius 1 is 0.960 bits per heavy atom. The Morgan fingerprint density at radius 2 is 1.30 bits per heavy atom. The van der Waals surface area contributed by atoms with Gasteiger partial charge < -0.3 is 18.9 Å². The summed E-state index contributed by atoms with van der Waals surface area (Å²) in [5, 5.41) is -0.297. The lowest BCUT2D eigenvalue weighted by Crippen LogP contribution is -2.17. The molecule has 4 atom stereocenters. The Labute approximate surface area is 324 Å². The normalized spacial score (nSPS) is 10.1. The standard InChI is InChI=1S/C7H12O3S2.C6H11FO2.C3H5FOS2.C2H3F3.C2HF3.C2H2F2.C2H4F2.BH4IP2/c1-4-10-7(11)12-5(2)6(8)9-3;1-5(3-4-7)6(8)9-2;1-2-5-3(6)7-4;2*3-1-2(4)5;1-2(3)4;3-1-2-4;2-4-1-3/h5H,4H2,1-3H3;5H,3-4H2,1-2H3;2H2,1H3;2H,1H2;1H;1H2;1-2H2;1,4H,3H2/i;;;;;;;1T. The van der Waals surface area contributed by atoms with Crippen molar-refractivity contribution in [2.24, 2.45) is 5.92 Å². The minimum atomic E-state index is -2.78. The van der Waals surface area contributed by atoms with Crippen LogP contribution in [0.3, 0.4) is 0 Å². The number of hydrogen-bond acceptors (Lipinski definition) is 10. The van der Waals surface area contributed by atoms with Crippen LogP contribution in [0.25, 0.3) is 0 Å². The molecule has 0 aliphatic rings. The van der Waals surface area contributed by atoms with Crippen molar-refractivity contribution < 1.29 is 80.7 Å². The molecule has 0 aromatic rings. The third-order valence-electron chi connectivity index (χ3n) is 2.87. The Morgan fingerprint density at radius 3 is 1.48 bits per heavy atom. The van der Waals surface area contributed by atoms with Crippen molar-refractivity contribution in [3.05, 3.63) is 25.1 Å². The first-order valence-electron chi connectivity index (χ1n) is 13.3. The number of halogens is 13. The van der Waals surface area contributed by atoms with Gasteiger partial charge in [-0.3, -0.25) is 14.0 Å². The highest BCUT2D eigenvalue weighted by Gasteiger charge is 2.16. The topological polar surface area (TPSA) is 71.1 Å². The molecule has 0 rings (SSSR count). The van der Waals surface area contributed by atoms with Gasteiger partial charge in [0.2, 0.25) is 4.38 Å². The van der Waals surface area contributed by atoms with E-state index in [1.165, 1.54) is 26.0 Å². The Balaban J connectivity index is -0.0000000715. The van der Waals surface area contributed by atoms with E-state index in [1.807, 2.05) is 6.92 Å². The summed E-state index contributed by atoms with van der Waals surface area (Å²) in [5.74, 6) is -0.935. The molecule has 302 valence electrons. The number of ether oxygens (including phenoxy) is 4. The van der Waals surface area contributed by atoms with Crippen LogP contribution in [-0.4, -0.2) is 94.5 Å². The summed E-state index contributed by atoms with van der Waals surface area (Å²) in [5.41, 5.74) is 0. The molecule has 0 aromatic heterocycles. The lowest BCUT2D eigenvalue weighted by atomic mass is 10.1.